The number of carbonyl (C=O) groups excluding carboxylic acids is 1. The molecule has 15 heavy (non-hydrogen) atoms. The normalized spacial score (nSPS) is 28.9. The molecule has 3 rings (SSSR count). The average molecular weight is 203 g/mol. The molecule has 3 nitrogen and oxygen atoms in total. The summed E-state index contributed by atoms with van der Waals surface area (Å²) in [6.45, 7) is 0.212. The molecule has 1 fully saturated rings. The molecule has 0 radical (unpaired) electrons. The van der Waals surface area contributed by atoms with E-state index in [4.69, 9.17) is 4.74 Å². The van der Waals surface area contributed by atoms with Crippen LogP contribution < -0.4 is 5.32 Å². The van der Waals surface area contributed by atoms with E-state index in [2.05, 4.69) is 23.5 Å². The Balaban J connectivity index is 1.90. The molecular weight excluding hydrogens is 190 g/mol. The molecule has 78 valence electrons. The molecule has 1 amide bonds. The summed E-state index contributed by atoms with van der Waals surface area (Å²) in [5.74, 6) is 0.00984. The van der Waals surface area contributed by atoms with Crippen LogP contribution >= 0.6 is 0 Å². The van der Waals surface area contributed by atoms with Crippen LogP contribution in [0.2, 0.25) is 0 Å². The minimum atomic E-state index is 0.00984. The molecule has 1 aliphatic carbocycles. The molecule has 2 unspecified atom stereocenters. The quantitative estimate of drug-likeness (QED) is 0.673. The number of amides is 1. The highest BCUT2D eigenvalue weighted by Crippen LogP contribution is 2.24. The van der Waals surface area contributed by atoms with Gasteiger partial charge in [-0.05, 0) is 17.5 Å². The van der Waals surface area contributed by atoms with Crippen LogP contribution in [0.5, 0.6) is 0 Å². The van der Waals surface area contributed by atoms with Gasteiger partial charge in [0.1, 0.15) is 6.61 Å². The lowest BCUT2D eigenvalue weighted by molar-refractivity contribution is -0.137. The molecule has 1 aromatic rings. The molecule has 0 aromatic heterocycles. The maximum atomic E-state index is 11.2. The maximum absolute atomic E-state index is 11.2. The van der Waals surface area contributed by atoms with Crippen molar-refractivity contribution in [2.75, 3.05) is 6.61 Å². The largest absolute Gasteiger partial charge is 0.366 e. The Kier molecular flexibility index (Phi) is 1.99. The third-order valence-electron chi connectivity index (χ3n) is 3.20. The van der Waals surface area contributed by atoms with Crippen LogP contribution in [0, 0.1) is 0 Å². The van der Waals surface area contributed by atoms with Gasteiger partial charge in [-0.3, -0.25) is 4.79 Å². The van der Waals surface area contributed by atoms with Crippen molar-refractivity contribution >= 4 is 5.91 Å². The molecule has 2 aliphatic rings. The van der Waals surface area contributed by atoms with Crippen LogP contribution in [0.3, 0.4) is 0 Å². The van der Waals surface area contributed by atoms with E-state index < -0.39 is 0 Å². The lowest BCUT2D eigenvalue weighted by Crippen LogP contribution is -2.55. The van der Waals surface area contributed by atoms with E-state index >= 15 is 0 Å². The zero-order valence-electron chi connectivity index (χ0n) is 8.40. The predicted octanol–water partition coefficient (Wildman–Crippen LogP) is 0.669. The van der Waals surface area contributed by atoms with Gasteiger partial charge in [-0.1, -0.05) is 24.3 Å². The number of hydrogen-bond donors (Lipinski definition) is 1. The molecule has 1 N–H and O–H groups in total. The molecule has 2 atom stereocenters. The van der Waals surface area contributed by atoms with E-state index in [1.165, 1.54) is 11.1 Å². The van der Waals surface area contributed by atoms with E-state index in [1.54, 1.807) is 0 Å². The molecule has 1 saturated heterocycles. The summed E-state index contributed by atoms with van der Waals surface area (Å²) in [6.07, 6.45) is 1.98. The van der Waals surface area contributed by atoms with Crippen LogP contribution in [0.25, 0.3) is 0 Å². The molecule has 0 saturated carbocycles. The van der Waals surface area contributed by atoms with Crippen LogP contribution in [0.1, 0.15) is 11.1 Å². The fourth-order valence-corrected chi connectivity index (χ4v) is 2.43. The van der Waals surface area contributed by atoms with Crippen molar-refractivity contribution in [3.63, 3.8) is 0 Å². The van der Waals surface area contributed by atoms with Crippen molar-refractivity contribution in [1.29, 1.82) is 0 Å². The van der Waals surface area contributed by atoms with E-state index in [1.807, 2.05) is 6.07 Å². The van der Waals surface area contributed by atoms with E-state index in [-0.39, 0.29) is 24.7 Å². The molecule has 0 bridgehead atoms. The van der Waals surface area contributed by atoms with Crippen LogP contribution in [0.4, 0.5) is 0 Å². The van der Waals surface area contributed by atoms with Gasteiger partial charge >= 0.3 is 0 Å². The smallest absolute Gasteiger partial charge is 0.246 e. The minimum Gasteiger partial charge on any atom is -0.366 e. The van der Waals surface area contributed by atoms with Gasteiger partial charge in [-0.2, -0.15) is 0 Å². The van der Waals surface area contributed by atoms with E-state index in [9.17, 15) is 4.79 Å². The first-order valence-corrected chi connectivity index (χ1v) is 5.31. The molecule has 3 heteroatoms. The van der Waals surface area contributed by atoms with Crippen molar-refractivity contribution in [2.45, 2.75) is 25.0 Å². The van der Waals surface area contributed by atoms with E-state index in [0.717, 1.165) is 12.8 Å². The first-order valence-electron chi connectivity index (χ1n) is 5.31. The van der Waals surface area contributed by atoms with Gasteiger partial charge in [0.05, 0.1) is 12.1 Å². The van der Waals surface area contributed by atoms with Gasteiger partial charge in [-0.25, -0.2) is 0 Å². The first kappa shape index (κ1) is 8.92. The first-order chi connectivity index (χ1) is 7.33. The lowest BCUT2D eigenvalue weighted by Gasteiger charge is -2.36. The van der Waals surface area contributed by atoms with Gasteiger partial charge in [0.2, 0.25) is 5.91 Å². The second-order valence-electron chi connectivity index (χ2n) is 4.20. The van der Waals surface area contributed by atoms with Crippen molar-refractivity contribution in [3.05, 3.63) is 35.4 Å². The summed E-state index contributed by atoms with van der Waals surface area (Å²) < 4.78 is 5.54. The summed E-state index contributed by atoms with van der Waals surface area (Å²) in [4.78, 5) is 11.2. The Bertz CT molecular complexity index is 402. The summed E-state index contributed by atoms with van der Waals surface area (Å²) >= 11 is 0. The number of nitrogens with one attached hydrogen (secondary N) is 1. The Morgan fingerprint density at radius 3 is 2.73 bits per heavy atom. The van der Waals surface area contributed by atoms with Crippen molar-refractivity contribution in [3.8, 4) is 0 Å². The standard InChI is InChI=1S/C12H13NO2/c14-12-7-15-11-6-9-4-2-1-3-8(9)5-10(11)13-12/h1-4,10-11H,5-7H2,(H,13,14). The number of fused-ring (bicyclic) bond motifs is 2. The average Bonchev–Trinajstić information content (AvgIpc) is 2.26. The fraction of sp³-hybridized carbons (Fsp3) is 0.417. The van der Waals surface area contributed by atoms with Gasteiger partial charge in [0.15, 0.2) is 0 Å². The number of hydrogen-bond acceptors (Lipinski definition) is 2. The minimum absolute atomic E-state index is 0.00984. The Labute approximate surface area is 88.4 Å². The van der Waals surface area contributed by atoms with Crippen molar-refractivity contribution in [1.82, 2.24) is 5.32 Å². The third kappa shape index (κ3) is 1.53. The van der Waals surface area contributed by atoms with Crippen LogP contribution in [-0.4, -0.2) is 24.7 Å². The van der Waals surface area contributed by atoms with Crippen LogP contribution in [-0.2, 0) is 22.4 Å². The number of carbonyl (C=O) groups is 1. The van der Waals surface area contributed by atoms with Gasteiger partial charge < -0.3 is 10.1 Å². The van der Waals surface area contributed by atoms with Crippen LogP contribution in [0.15, 0.2) is 24.3 Å². The summed E-state index contributed by atoms with van der Waals surface area (Å²) in [5, 5.41) is 3.00. The molecule has 1 aliphatic heterocycles. The topological polar surface area (TPSA) is 38.3 Å². The predicted molar refractivity (Wildman–Crippen MR) is 55.5 cm³/mol. The molecule has 1 heterocycles. The monoisotopic (exact) mass is 203 g/mol. The Hall–Kier alpha value is -1.35. The molecule has 1 aromatic carbocycles. The summed E-state index contributed by atoms with van der Waals surface area (Å²) in [7, 11) is 0. The Morgan fingerprint density at radius 2 is 1.93 bits per heavy atom. The lowest BCUT2D eigenvalue weighted by atomic mass is 9.85. The van der Waals surface area contributed by atoms with Crippen molar-refractivity contribution in [2.24, 2.45) is 0 Å². The molecular formula is C12H13NO2. The van der Waals surface area contributed by atoms with E-state index in [0.29, 0.717) is 0 Å². The Morgan fingerprint density at radius 1 is 1.20 bits per heavy atom. The highest BCUT2D eigenvalue weighted by atomic mass is 16.5. The number of rotatable bonds is 0. The zero-order chi connectivity index (χ0) is 10.3. The van der Waals surface area contributed by atoms with Gasteiger partial charge in [0, 0.05) is 6.42 Å². The number of morpholine rings is 1. The van der Waals surface area contributed by atoms with Gasteiger partial charge in [-0.15, -0.1) is 0 Å². The maximum Gasteiger partial charge on any atom is 0.246 e. The summed E-state index contributed by atoms with van der Waals surface area (Å²) in [5.41, 5.74) is 2.69. The fourth-order valence-electron chi connectivity index (χ4n) is 2.43. The van der Waals surface area contributed by atoms with Gasteiger partial charge in [0.25, 0.3) is 0 Å². The molecule has 0 spiro atoms. The second kappa shape index (κ2) is 3.35. The number of ether oxygens (including phenoxy) is 1. The second-order valence-corrected chi connectivity index (χ2v) is 4.20. The highest BCUT2D eigenvalue weighted by Gasteiger charge is 2.33. The SMILES string of the molecule is O=C1COC2Cc3ccccc3CC2N1. The zero-order valence-corrected chi connectivity index (χ0v) is 8.40. The number of benzene rings is 1. The highest BCUT2D eigenvalue weighted by molar-refractivity contribution is 5.78. The summed E-state index contributed by atoms with van der Waals surface area (Å²) in [6, 6.07) is 8.55. The third-order valence-corrected chi connectivity index (χ3v) is 3.20. The van der Waals surface area contributed by atoms with Crippen molar-refractivity contribution < 1.29 is 9.53 Å².